The van der Waals surface area contributed by atoms with Crippen molar-refractivity contribution in [2.75, 3.05) is 23.9 Å². The van der Waals surface area contributed by atoms with Crippen molar-refractivity contribution in [2.45, 2.75) is 18.6 Å². The van der Waals surface area contributed by atoms with Crippen LogP contribution in [-0.4, -0.2) is 41.9 Å². The standard InChI is InChI=1S/C21H21N3O4S/c1-3-22-21(23-15-7-5-4-6-8-15)29-17-13-18(25)24(19(17)26)16-11-9-14(10-12-16)20(27)28-2/h4-12,17H,3,13H2,1-2H3,(H,22,23)/t17-/m1/s1. The minimum atomic E-state index is -0.565. The van der Waals surface area contributed by atoms with Crippen molar-refractivity contribution >= 4 is 46.1 Å². The number of amidine groups is 1. The number of benzene rings is 2. The SMILES string of the molecule is CCN=C(Nc1ccccc1)S[C@@H]1CC(=O)N(c2ccc(C(=O)OC)cc2)C1=O. The number of nitrogens with one attached hydrogen (secondary N) is 1. The molecule has 1 aliphatic rings. The van der Waals surface area contributed by atoms with Gasteiger partial charge >= 0.3 is 5.97 Å². The number of imide groups is 1. The Morgan fingerprint density at radius 1 is 1.17 bits per heavy atom. The van der Waals surface area contributed by atoms with Gasteiger partial charge in [-0.3, -0.25) is 14.6 Å². The fourth-order valence-electron chi connectivity index (χ4n) is 2.86. The first kappa shape index (κ1) is 20.6. The Hall–Kier alpha value is -3.13. The molecule has 2 aromatic rings. The number of aliphatic imine (C=N–C) groups is 1. The van der Waals surface area contributed by atoms with Crippen LogP contribution in [0.5, 0.6) is 0 Å². The number of para-hydroxylation sites is 1. The van der Waals surface area contributed by atoms with Crippen molar-refractivity contribution in [2.24, 2.45) is 4.99 Å². The molecular weight excluding hydrogens is 390 g/mol. The largest absolute Gasteiger partial charge is 0.465 e. The minimum absolute atomic E-state index is 0.0848. The molecule has 8 heteroatoms. The molecule has 0 aromatic heterocycles. The van der Waals surface area contributed by atoms with Gasteiger partial charge in [-0.15, -0.1) is 0 Å². The number of nitrogens with zero attached hydrogens (tertiary/aromatic N) is 2. The summed E-state index contributed by atoms with van der Waals surface area (Å²) in [7, 11) is 1.30. The van der Waals surface area contributed by atoms with Gasteiger partial charge in [-0.25, -0.2) is 9.69 Å². The monoisotopic (exact) mass is 411 g/mol. The van der Waals surface area contributed by atoms with Gasteiger partial charge in [-0.05, 0) is 43.3 Å². The lowest BCUT2D eigenvalue weighted by atomic mass is 10.2. The molecule has 3 rings (SSSR count). The van der Waals surface area contributed by atoms with Crippen molar-refractivity contribution in [1.82, 2.24) is 0 Å². The van der Waals surface area contributed by atoms with Crippen molar-refractivity contribution in [3.05, 3.63) is 60.2 Å². The molecule has 29 heavy (non-hydrogen) atoms. The lowest BCUT2D eigenvalue weighted by Crippen LogP contribution is -2.31. The molecule has 1 heterocycles. The highest BCUT2D eigenvalue weighted by molar-refractivity contribution is 8.15. The van der Waals surface area contributed by atoms with Crippen LogP contribution >= 0.6 is 11.8 Å². The van der Waals surface area contributed by atoms with Crippen LogP contribution in [0.3, 0.4) is 0 Å². The van der Waals surface area contributed by atoms with Gasteiger partial charge in [0.25, 0.3) is 0 Å². The fourth-order valence-corrected chi connectivity index (χ4v) is 3.94. The first-order chi connectivity index (χ1) is 14.0. The topological polar surface area (TPSA) is 88.1 Å². The van der Waals surface area contributed by atoms with Gasteiger partial charge < -0.3 is 10.1 Å². The molecule has 7 nitrogen and oxygen atoms in total. The van der Waals surface area contributed by atoms with Crippen LogP contribution in [0.1, 0.15) is 23.7 Å². The lowest BCUT2D eigenvalue weighted by Gasteiger charge is -2.16. The average molecular weight is 411 g/mol. The first-order valence-electron chi connectivity index (χ1n) is 9.11. The van der Waals surface area contributed by atoms with Crippen LogP contribution in [0.2, 0.25) is 0 Å². The summed E-state index contributed by atoms with van der Waals surface area (Å²) < 4.78 is 4.67. The van der Waals surface area contributed by atoms with Crippen LogP contribution in [0.25, 0.3) is 0 Å². The van der Waals surface area contributed by atoms with Crippen LogP contribution in [-0.2, 0) is 14.3 Å². The van der Waals surface area contributed by atoms with Crippen LogP contribution in [0.15, 0.2) is 59.6 Å². The summed E-state index contributed by atoms with van der Waals surface area (Å²) in [6.45, 7) is 2.46. The number of thioether (sulfide) groups is 1. The van der Waals surface area contributed by atoms with E-state index in [1.807, 2.05) is 37.3 Å². The molecule has 0 saturated carbocycles. The number of rotatable bonds is 5. The number of ether oxygens (including phenoxy) is 1. The number of anilines is 2. The molecule has 1 N–H and O–H groups in total. The van der Waals surface area contributed by atoms with E-state index in [2.05, 4.69) is 15.0 Å². The van der Waals surface area contributed by atoms with E-state index in [1.165, 1.54) is 31.0 Å². The fraction of sp³-hybridized carbons (Fsp3) is 0.238. The molecule has 2 aromatic carbocycles. The number of esters is 1. The second-order valence-corrected chi connectivity index (χ2v) is 7.38. The Kier molecular flexibility index (Phi) is 6.66. The zero-order valence-corrected chi connectivity index (χ0v) is 16.9. The molecule has 0 bridgehead atoms. The highest BCUT2D eigenvalue weighted by Gasteiger charge is 2.40. The predicted octanol–water partition coefficient (Wildman–Crippen LogP) is 3.33. The van der Waals surface area contributed by atoms with E-state index < -0.39 is 11.2 Å². The van der Waals surface area contributed by atoms with Crippen molar-refractivity contribution in [3.8, 4) is 0 Å². The van der Waals surface area contributed by atoms with Gasteiger partial charge in [0.2, 0.25) is 11.8 Å². The van der Waals surface area contributed by atoms with Crippen LogP contribution < -0.4 is 10.2 Å². The van der Waals surface area contributed by atoms with E-state index in [-0.39, 0.29) is 18.2 Å². The lowest BCUT2D eigenvalue weighted by molar-refractivity contribution is -0.121. The Bertz CT molecular complexity index is 929. The Morgan fingerprint density at radius 2 is 1.86 bits per heavy atom. The molecule has 0 aliphatic carbocycles. The average Bonchev–Trinajstić information content (AvgIpc) is 3.01. The zero-order valence-electron chi connectivity index (χ0n) is 16.1. The zero-order chi connectivity index (χ0) is 20.8. The number of amides is 2. The predicted molar refractivity (Wildman–Crippen MR) is 114 cm³/mol. The Morgan fingerprint density at radius 3 is 2.48 bits per heavy atom. The summed E-state index contributed by atoms with van der Waals surface area (Å²) in [5.74, 6) is -1.06. The third-order valence-corrected chi connectivity index (χ3v) is 5.34. The van der Waals surface area contributed by atoms with E-state index in [0.717, 1.165) is 10.6 Å². The summed E-state index contributed by atoms with van der Waals surface area (Å²) in [5, 5.41) is 3.23. The first-order valence-corrected chi connectivity index (χ1v) is 9.99. The van der Waals surface area contributed by atoms with E-state index in [1.54, 1.807) is 12.1 Å². The Labute approximate surface area is 173 Å². The summed E-state index contributed by atoms with van der Waals surface area (Å²) in [4.78, 5) is 42.5. The number of carbonyl (C=O) groups is 3. The molecular formula is C21H21N3O4S. The summed E-state index contributed by atoms with van der Waals surface area (Å²) in [6, 6.07) is 15.7. The van der Waals surface area contributed by atoms with Gasteiger partial charge in [0.1, 0.15) is 5.25 Å². The molecule has 0 unspecified atom stereocenters. The third-order valence-electron chi connectivity index (χ3n) is 4.23. The van der Waals surface area contributed by atoms with Gasteiger partial charge in [-0.1, -0.05) is 30.0 Å². The third kappa shape index (κ3) is 4.83. The number of carbonyl (C=O) groups excluding carboxylic acids is 3. The van der Waals surface area contributed by atoms with E-state index in [4.69, 9.17) is 0 Å². The maximum Gasteiger partial charge on any atom is 0.337 e. The van der Waals surface area contributed by atoms with Crippen LogP contribution in [0, 0.1) is 0 Å². The smallest absolute Gasteiger partial charge is 0.337 e. The van der Waals surface area contributed by atoms with E-state index in [0.29, 0.717) is 23.0 Å². The number of hydrogen-bond acceptors (Lipinski definition) is 6. The molecule has 0 spiro atoms. The van der Waals surface area contributed by atoms with Crippen LogP contribution in [0.4, 0.5) is 11.4 Å². The van der Waals surface area contributed by atoms with Gasteiger partial charge in [0, 0.05) is 18.7 Å². The molecule has 2 amide bonds. The molecule has 1 atom stereocenters. The summed E-state index contributed by atoms with van der Waals surface area (Å²) in [6.07, 6.45) is 0.0848. The molecule has 0 radical (unpaired) electrons. The quantitative estimate of drug-likeness (QED) is 0.351. The van der Waals surface area contributed by atoms with E-state index >= 15 is 0 Å². The highest BCUT2D eigenvalue weighted by Crippen LogP contribution is 2.31. The molecule has 1 aliphatic heterocycles. The normalized spacial score (nSPS) is 16.8. The minimum Gasteiger partial charge on any atom is -0.465 e. The van der Waals surface area contributed by atoms with Crippen molar-refractivity contribution < 1.29 is 19.1 Å². The number of methoxy groups -OCH3 is 1. The van der Waals surface area contributed by atoms with Gasteiger partial charge in [0.05, 0.1) is 18.4 Å². The second kappa shape index (κ2) is 9.38. The molecule has 150 valence electrons. The van der Waals surface area contributed by atoms with Gasteiger partial charge in [-0.2, -0.15) is 0 Å². The summed E-state index contributed by atoms with van der Waals surface area (Å²) in [5.41, 5.74) is 1.64. The maximum absolute atomic E-state index is 12.9. The van der Waals surface area contributed by atoms with Gasteiger partial charge in [0.15, 0.2) is 5.17 Å². The molecule has 1 saturated heterocycles. The summed E-state index contributed by atoms with van der Waals surface area (Å²) >= 11 is 1.25. The van der Waals surface area contributed by atoms with Crippen molar-refractivity contribution in [1.29, 1.82) is 0 Å². The van der Waals surface area contributed by atoms with E-state index in [9.17, 15) is 14.4 Å². The molecule has 1 fully saturated rings. The highest BCUT2D eigenvalue weighted by atomic mass is 32.2. The Balaban J connectivity index is 1.73. The number of hydrogen-bond donors (Lipinski definition) is 1. The van der Waals surface area contributed by atoms with Crippen molar-refractivity contribution in [3.63, 3.8) is 0 Å². The maximum atomic E-state index is 12.9. The second-order valence-electron chi connectivity index (χ2n) is 6.19.